The van der Waals surface area contributed by atoms with Crippen LogP contribution >= 0.6 is 11.8 Å². The van der Waals surface area contributed by atoms with Gasteiger partial charge in [-0.15, -0.1) is 11.8 Å². The van der Waals surface area contributed by atoms with E-state index in [2.05, 4.69) is 53.8 Å². The summed E-state index contributed by atoms with van der Waals surface area (Å²) in [5.41, 5.74) is 5.29. The molecule has 132 valence electrons. The lowest BCUT2D eigenvalue weighted by Gasteiger charge is -2.04. The zero-order valence-electron chi connectivity index (χ0n) is 15.2. The maximum absolute atomic E-state index is 4.74. The second kappa shape index (κ2) is 8.68. The Hall–Kier alpha value is -2.59. The number of allylic oxidation sites excluding steroid dienone is 5. The van der Waals surface area contributed by atoms with Crippen LogP contribution in [0, 0.1) is 0 Å². The molecule has 0 radical (unpaired) electrons. The van der Waals surface area contributed by atoms with E-state index < -0.39 is 0 Å². The number of H-pyrrole nitrogens is 1. The third-order valence-corrected chi connectivity index (χ3v) is 4.83. The maximum Gasteiger partial charge on any atom is 0.138 e. The molecule has 3 rings (SSSR count). The molecule has 0 aliphatic heterocycles. The summed E-state index contributed by atoms with van der Waals surface area (Å²) in [6.07, 6.45) is 10.6. The Morgan fingerprint density at radius 1 is 1.27 bits per heavy atom. The van der Waals surface area contributed by atoms with Crippen molar-refractivity contribution in [2.24, 2.45) is 0 Å². The molecule has 0 aliphatic rings. The monoisotopic (exact) mass is 361 g/mol. The Bertz CT molecular complexity index is 966. The number of hydrogen-bond acceptors (Lipinski definition) is 3. The number of benzene rings is 1. The molecule has 0 amide bonds. The molecule has 0 saturated heterocycles. The lowest BCUT2D eigenvalue weighted by atomic mass is 10.1. The minimum absolute atomic E-state index is 0.766. The van der Waals surface area contributed by atoms with E-state index in [1.165, 1.54) is 10.5 Å². The molecule has 0 saturated carbocycles. The minimum Gasteiger partial charge on any atom is -0.338 e. The molecule has 2 heterocycles. The van der Waals surface area contributed by atoms with E-state index in [9.17, 15) is 0 Å². The summed E-state index contributed by atoms with van der Waals surface area (Å²) in [7, 11) is 0. The average molecular weight is 362 g/mol. The van der Waals surface area contributed by atoms with Crippen molar-refractivity contribution in [3.8, 4) is 11.4 Å². The molecule has 0 unspecified atom stereocenters. The fourth-order valence-electron chi connectivity index (χ4n) is 2.85. The van der Waals surface area contributed by atoms with Gasteiger partial charge in [0.15, 0.2) is 0 Å². The van der Waals surface area contributed by atoms with Gasteiger partial charge in [-0.05, 0) is 48.6 Å². The van der Waals surface area contributed by atoms with Gasteiger partial charge in [0.25, 0.3) is 0 Å². The van der Waals surface area contributed by atoms with E-state index in [0.717, 1.165) is 40.3 Å². The van der Waals surface area contributed by atoms with Gasteiger partial charge in [0.1, 0.15) is 5.82 Å². The first-order valence-electron chi connectivity index (χ1n) is 8.75. The molecule has 3 nitrogen and oxygen atoms in total. The van der Waals surface area contributed by atoms with Gasteiger partial charge in [-0.3, -0.25) is 4.98 Å². The first-order valence-corrected chi connectivity index (χ1v) is 9.74. The van der Waals surface area contributed by atoms with E-state index in [1.54, 1.807) is 0 Å². The van der Waals surface area contributed by atoms with E-state index in [0.29, 0.717) is 0 Å². The van der Waals surface area contributed by atoms with E-state index in [1.807, 2.05) is 49.2 Å². The van der Waals surface area contributed by atoms with E-state index in [-0.39, 0.29) is 0 Å². The van der Waals surface area contributed by atoms with Crippen LogP contribution in [-0.4, -0.2) is 20.7 Å². The highest BCUT2D eigenvalue weighted by atomic mass is 32.2. The van der Waals surface area contributed by atoms with Crippen molar-refractivity contribution in [2.75, 3.05) is 5.75 Å². The van der Waals surface area contributed by atoms with Crippen molar-refractivity contribution < 1.29 is 0 Å². The van der Waals surface area contributed by atoms with Gasteiger partial charge in [-0.25, -0.2) is 4.98 Å². The van der Waals surface area contributed by atoms with Crippen molar-refractivity contribution in [1.29, 1.82) is 0 Å². The third kappa shape index (κ3) is 4.33. The number of pyridine rings is 1. The summed E-state index contributed by atoms with van der Waals surface area (Å²) in [6, 6.07) is 10.5. The van der Waals surface area contributed by atoms with E-state index in [4.69, 9.17) is 4.98 Å². The van der Waals surface area contributed by atoms with Gasteiger partial charge in [0, 0.05) is 28.8 Å². The molecule has 26 heavy (non-hydrogen) atoms. The lowest BCUT2D eigenvalue weighted by molar-refractivity contribution is 1.07. The van der Waals surface area contributed by atoms with Gasteiger partial charge in [0.2, 0.25) is 0 Å². The largest absolute Gasteiger partial charge is 0.338 e. The van der Waals surface area contributed by atoms with Crippen molar-refractivity contribution in [2.45, 2.75) is 25.2 Å². The van der Waals surface area contributed by atoms with Crippen LogP contribution in [-0.2, 0) is 6.42 Å². The van der Waals surface area contributed by atoms with Crippen molar-refractivity contribution in [1.82, 2.24) is 15.0 Å². The van der Waals surface area contributed by atoms with E-state index >= 15 is 0 Å². The predicted molar refractivity (Wildman–Crippen MR) is 113 cm³/mol. The summed E-state index contributed by atoms with van der Waals surface area (Å²) >= 11 is 1.84. The number of rotatable bonds is 7. The summed E-state index contributed by atoms with van der Waals surface area (Å²) in [5, 5.41) is 0. The van der Waals surface area contributed by atoms with Crippen LogP contribution in [0.2, 0.25) is 0 Å². The second-order valence-electron chi connectivity index (χ2n) is 5.89. The Labute approximate surface area is 159 Å². The summed E-state index contributed by atoms with van der Waals surface area (Å²) in [4.78, 5) is 14.0. The van der Waals surface area contributed by atoms with Gasteiger partial charge >= 0.3 is 0 Å². The van der Waals surface area contributed by atoms with Gasteiger partial charge < -0.3 is 4.98 Å². The number of thioether (sulfide) groups is 1. The minimum atomic E-state index is 0.766. The summed E-state index contributed by atoms with van der Waals surface area (Å²) in [5.74, 6) is 1.94. The highest BCUT2D eigenvalue weighted by Gasteiger charge is 2.08. The Kier molecular flexibility index (Phi) is 6.08. The molecular formula is C22H23N3S. The van der Waals surface area contributed by atoms with Crippen molar-refractivity contribution in [3.63, 3.8) is 0 Å². The Morgan fingerprint density at radius 2 is 2.15 bits per heavy atom. The first kappa shape index (κ1) is 18.2. The van der Waals surface area contributed by atoms with Crippen LogP contribution in [0.25, 0.3) is 22.4 Å². The van der Waals surface area contributed by atoms with Crippen LogP contribution in [0.1, 0.15) is 19.5 Å². The fraction of sp³-hybridized carbons (Fsp3) is 0.182. The van der Waals surface area contributed by atoms with Crippen LogP contribution in [0.15, 0.2) is 77.9 Å². The Morgan fingerprint density at radius 3 is 2.92 bits per heavy atom. The molecule has 3 aromatic rings. The number of fused-ring (bicyclic) bond motifs is 1. The van der Waals surface area contributed by atoms with Crippen LogP contribution in [0.4, 0.5) is 0 Å². The third-order valence-electron chi connectivity index (χ3n) is 3.95. The Balaban J connectivity index is 1.91. The van der Waals surface area contributed by atoms with Crippen molar-refractivity contribution in [3.05, 3.63) is 78.7 Å². The quantitative estimate of drug-likeness (QED) is 0.416. The predicted octanol–water partition coefficient (Wildman–Crippen LogP) is 5.97. The highest BCUT2D eigenvalue weighted by Crippen LogP contribution is 2.25. The highest BCUT2D eigenvalue weighted by molar-refractivity contribution is 7.99. The number of hydrogen-bond donors (Lipinski definition) is 1. The van der Waals surface area contributed by atoms with Crippen LogP contribution in [0.5, 0.6) is 0 Å². The number of aromatic nitrogens is 3. The number of imidazole rings is 1. The molecule has 0 fully saturated rings. The van der Waals surface area contributed by atoms with Gasteiger partial charge in [-0.2, -0.15) is 0 Å². The zero-order valence-corrected chi connectivity index (χ0v) is 16.0. The molecule has 0 atom stereocenters. The number of aromatic amines is 1. The maximum atomic E-state index is 4.74. The zero-order chi connectivity index (χ0) is 18.4. The molecule has 1 N–H and O–H groups in total. The first-order chi connectivity index (χ1) is 12.7. The average Bonchev–Trinajstić information content (AvgIpc) is 3.06. The molecule has 0 spiro atoms. The fourth-order valence-corrected chi connectivity index (χ4v) is 3.55. The molecule has 2 aromatic heterocycles. The smallest absolute Gasteiger partial charge is 0.138 e. The van der Waals surface area contributed by atoms with Crippen molar-refractivity contribution >= 4 is 22.8 Å². The lowest BCUT2D eigenvalue weighted by Crippen LogP contribution is -1.93. The van der Waals surface area contributed by atoms with Crippen LogP contribution < -0.4 is 0 Å². The standard InChI is InChI=1S/C22H23N3S/c1-4-7-16(8-5-2)13-18-14-17(11-12-23-18)22-24-20-10-9-19(26-6-3)15-21(20)25-22/h4-5,7-12,14-15H,1,6,13H2,2-3H3,(H,24,25)/b8-5-,16-7+. The SMILES string of the molecule is C=C/C=C(\C=C/C)Cc1cc(-c2nc3ccc(SCC)cc3[nH]2)ccn1. The molecule has 0 bridgehead atoms. The number of nitrogens with zero attached hydrogens (tertiary/aromatic N) is 2. The summed E-state index contributed by atoms with van der Waals surface area (Å²) in [6.45, 7) is 7.96. The normalized spacial score (nSPS) is 12.2. The summed E-state index contributed by atoms with van der Waals surface area (Å²) < 4.78 is 0. The number of nitrogens with one attached hydrogen (secondary N) is 1. The van der Waals surface area contributed by atoms with Gasteiger partial charge in [0.05, 0.1) is 11.0 Å². The molecule has 0 aliphatic carbocycles. The molecule has 4 heteroatoms. The topological polar surface area (TPSA) is 41.6 Å². The molecule has 1 aromatic carbocycles. The molecular weight excluding hydrogens is 338 g/mol. The second-order valence-corrected chi connectivity index (χ2v) is 7.22. The van der Waals surface area contributed by atoms with Crippen LogP contribution in [0.3, 0.4) is 0 Å². The van der Waals surface area contributed by atoms with Gasteiger partial charge in [-0.1, -0.05) is 37.8 Å².